The van der Waals surface area contributed by atoms with Gasteiger partial charge in [-0.3, -0.25) is 4.90 Å². The van der Waals surface area contributed by atoms with Gasteiger partial charge in [-0.15, -0.1) is 0 Å². The molecule has 3 aromatic carbocycles. The number of nitrogens with zero attached hydrogens (tertiary/aromatic N) is 1. The first kappa shape index (κ1) is 19.8. The number of piperidine rings is 3. The highest BCUT2D eigenvalue weighted by Gasteiger charge is 2.47. The van der Waals surface area contributed by atoms with Crippen LogP contribution in [-0.4, -0.2) is 30.1 Å². The SMILES string of the molecule is Clc1ccc(CO[C@@H]2C3CCN(CC3)[C@@H]2C(c2ccccc2)c2ccccc2)cc1. The number of hydrogen-bond acceptors (Lipinski definition) is 2. The highest BCUT2D eigenvalue weighted by Crippen LogP contribution is 2.43. The van der Waals surface area contributed by atoms with E-state index in [1.807, 2.05) is 12.1 Å². The Balaban J connectivity index is 1.48. The van der Waals surface area contributed by atoms with Crippen LogP contribution in [0, 0.1) is 5.92 Å². The molecule has 3 fully saturated rings. The van der Waals surface area contributed by atoms with E-state index >= 15 is 0 Å². The molecule has 2 nitrogen and oxygen atoms in total. The Labute approximate surface area is 184 Å². The zero-order chi connectivity index (χ0) is 20.3. The van der Waals surface area contributed by atoms with Crippen LogP contribution in [0.2, 0.25) is 5.02 Å². The van der Waals surface area contributed by atoms with Crippen molar-refractivity contribution in [1.82, 2.24) is 4.90 Å². The molecule has 0 aromatic heterocycles. The molecule has 2 bridgehead atoms. The Morgan fingerprint density at radius 3 is 1.93 bits per heavy atom. The fourth-order valence-electron chi connectivity index (χ4n) is 5.35. The maximum atomic E-state index is 6.69. The Kier molecular flexibility index (Phi) is 5.90. The van der Waals surface area contributed by atoms with Gasteiger partial charge in [0.1, 0.15) is 0 Å². The molecular weight excluding hydrogens is 390 g/mol. The molecule has 0 amide bonds. The van der Waals surface area contributed by atoms with Crippen LogP contribution in [0.3, 0.4) is 0 Å². The minimum absolute atomic E-state index is 0.230. The molecule has 0 spiro atoms. The lowest BCUT2D eigenvalue weighted by Crippen LogP contribution is -2.60. The van der Waals surface area contributed by atoms with Gasteiger partial charge in [-0.25, -0.2) is 0 Å². The minimum Gasteiger partial charge on any atom is -0.372 e. The molecule has 154 valence electrons. The van der Waals surface area contributed by atoms with Crippen LogP contribution in [0.25, 0.3) is 0 Å². The fraction of sp³-hybridized carbons (Fsp3) is 0.333. The van der Waals surface area contributed by atoms with E-state index in [1.54, 1.807) is 0 Å². The molecule has 3 saturated heterocycles. The molecule has 0 unspecified atom stereocenters. The predicted octanol–water partition coefficient (Wildman–Crippen LogP) is 6.15. The smallest absolute Gasteiger partial charge is 0.0773 e. The van der Waals surface area contributed by atoms with Gasteiger partial charge in [-0.2, -0.15) is 0 Å². The van der Waals surface area contributed by atoms with Crippen molar-refractivity contribution in [2.24, 2.45) is 5.92 Å². The first-order valence-electron chi connectivity index (χ1n) is 11.0. The Hall–Kier alpha value is -2.13. The summed E-state index contributed by atoms with van der Waals surface area (Å²) in [5.41, 5.74) is 3.94. The van der Waals surface area contributed by atoms with Crippen molar-refractivity contribution in [3.63, 3.8) is 0 Å². The first-order chi connectivity index (χ1) is 14.8. The van der Waals surface area contributed by atoms with Crippen LogP contribution < -0.4 is 0 Å². The van der Waals surface area contributed by atoms with Crippen molar-refractivity contribution < 1.29 is 4.74 Å². The number of rotatable bonds is 6. The third-order valence-electron chi connectivity index (χ3n) is 6.81. The highest BCUT2D eigenvalue weighted by atomic mass is 35.5. The average Bonchev–Trinajstić information content (AvgIpc) is 2.82. The van der Waals surface area contributed by atoms with E-state index in [1.165, 1.54) is 42.6 Å². The molecule has 0 radical (unpaired) electrons. The Morgan fingerprint density at radius 1 is 0.800 bits per heavy atom. The number of benzene rings is 3. The summed E-state index contributed by atoms with van der Waals surface area (Å²) in [6, 6.07) is 30.3. The van der Waals surface area contributed by atoms with Crippen LogP contribution in [-0.2, 0) is 11.3 Å². The lowest BCUT2D eigenvalue weighted by atomic mass is 9.72. The topological polar surface area (TPSA) is 12.5 Å². The normalized spacial score (nSPS) is 25.5. The second kappa shape index (κ2) is 8.93. The maximum absolute atomic E-state index is 6.69. The van der Waals surface area contributed by atoms with E-state index < -0.39 is 0 Å². The van der Waals surface area contributed by atoms with E-state index in [4.69, 9.17) is 16.3 Å². The number of ether oxygens (including phenoxy) is 1. The molecule has 30 heavy (non-hydrogen) atoms. The molecule has 6 rings (SSSR count). The zero-order valence-corrected chi connectivity index (χ0v) is 17.9. The second-order valence-electron chi connectivity index (χ2n) is 8.57. The molecule has 3 aliphatic rings. The van der Waals surface area contributed by atoms with Gasteiger partial charge in [0.2, 0.25) is 0 Å². The molecule has 3 heteroatoms. The molecule has 0 saturated carbocycles. The van der Waals surface area contributed by atoms with Gasteiger partial charge in [0, 0.05) is 17.0 Å². The van der Waals surface area contributed by atoms with Crippen molar-refractivity contribution in [2.75, 3.05) is 13.1 Å². The van der Waals surface area contributed by atoms with Crippen LogP contribution >= 0.6 is 11.6 Å². The molecular formula is C27H28ClNO. The third kappa shape index (κ3) is 4.05. The van der Waals surface area contributed by atoms with E-state index in [9.17, 15) is 0 Å². The van der Waals surface area contributed by atoms with Crippen LogP contribution in [0.5, 0.6) is 0 Å². The first-order valence-corrected chi connectivity index (χ1v) is 11.4. The van der Waals surface area contributed by atoms with Gasteiger partial charge >= 0.3 is 0 Å². The van der Waals surface area contributed by atoms with Crippen LogP contribution in [0.15, 0.2) is 84.9 Å². The molecule has 3 heterocycles. The lowest BCUT2D eigenvalue weighted by Gasteiger charge is -2.53. The number of fused-ring (bicyclic) bond motifs is 3. The van der Waals surface area contributed by atoms with Gasteiger partial charge in [-0.05, 0) is 60.7 Å². The lowest BCUT2D eigenvalue weighted by molar-refractivity contribution is -0.120. The standard InChI is InChI=1S/C27H28ClNO/c28-24-13-11-20(12-14-24)19-30-27-23-15-17-29(18-16-23)26(27)25(21-7-3-1-4-8-21)22-9-5-2-6-10-22/h1-14,23,25-27H,15-19H2/t26-,27-/m1/s1. The van der Waals surface area contributed by atoms with Gasteiger partial charge in [0.15, 0.2) is 0 Å². The van der Waals surface area contributed by atoms with Gasteiger partial charge in [-0.1, -0.05) is 84.4 Å². The summed E-state index contributed by atoms with van der Waals surface area (Å²) in [6.07, 6.45) is 2.70. The quantitative estimate of drug-likeness (QED) is 0.476. The summed E-state index contributed by atoms with van der Waals surface area (Å²) in [5, 5.41) is 0.771. The zero-order valence-electron chi connectivity index (χ0n) is 17.2. The van der Waals surface area contributed by atoms with Crippen molar-refractivity contribution in [1.29, 1.82) is 0 Å². The maximum Gasteiger partial charge on any atom is 0.0773 e. The summed E-state index contributed by atoms with van der Waals surface area (Å²) in [4.78, 5) is 2.68. The van der Waals surface area contributed by atoms with E-state index in [-0.39, 0.29) is 6.10 Å². The van der Waals surface area contributed by atoms with Crippen molar-refractivity contribution >= 4 is 11.6 Å². The second-order valence-corrected chi connectivity index (χ2v) is 9.00. The highest BCUT2D eigenvalue weighted by molar-refractivity contribution is 6.30. The average molecular weight is 418 g/mol. The van der Waals surface area contributed by atoms with E-state index in [0.29, 0.717) is 24.5 Å². The van der Waals surface area contributed by atoms with Gasteiger partial charge < -0.3 is 4.74 Å². The van der Waals surface area contributed by atoms with Crippen molar-refractivity contribution in [3.05, 3.63) is 107 Å². The Morgan fingerprint density at radius 2 is 1.37 bits per heavy atom. The number of halogens is 1. The van der Waals surface area contributed by atoms with Crippen molar-refractivity contribution in [3.8, 4) is 0 Å². The molecule has 0 aliphatic carbocycles. The van der Waals surface area contributed by atoms with Crippen LogP contribution in [0.1, 0.15) is 35.4 Å². The molecule has 2 atom stereocenters. The summed E-state index contributed by atoms with van der Waals surface area (Å²) >= 11 is 6.06. The van der Waals surface area contributed by atoms with Crippen LogP contribution in [0.4, 0.5) is 0 Å². The number of hydrogen-bond donors (Lipinski definition) is 0. The summed E-state index contributed by atoms with van der Waals surface area (Å²) in [5.74, 6) is 0.938. The predicted molar refractivity (Wildman–Crippen MR) is 123 cm³/mol. The van der Waals surface area contributed by atoms with Gasteiger partial charge in [0.05, 0.1) is 12.7 Å². The van der Waals surface area contributed by atoms with Gasteiger partial charge in [0.25, 0.3) is 0 Å². The minimum atomic E-state index is 0.230. The summed E-state index contributed by atoms with van der Waals surface area (Å²) < 4.78 is 6.69. The summed E-state index contributed by atoms with van der Waals surface area (Å²) in [7, 11) is 0. The molecule has 0 N–H and O–H groups in total. The third-order valence-corrected chi connectivity index (χ3v) is 7.06. The fourth-order valence-corrected chi connectivity index (χ4v) is 5.47. The largest absolute Gasteiger partial charge is 0.372 e. The van der Waals surface area contributed by atoms with E-state index in [2.05, 4.69) is 77.7 Å². The molecule has 3 aromatic rings. The Bertz CT molecular complexity index is 896. The monoisotopic (exact) mass is 417 g/mol. The molecule has 3 aliphatic heterocycles. The van der Waals surface area contributed by atoms with Crippen molar-refractivity contribution in [2.45, 2.75) is 37.5 Å². The van der Waals surface area contributed by atoms with E-state index in [0.717, 1.165) is 5.02 Å². The summed E-state index contributed by atoms with van der Waals surface area (Å²) in [6.45, 7) is 2.98.